The van der Waals surface area contributed by atoms with E-state index in [0.29, 0.717) is 22.9 Å². The minimum atomic E-state index is -4.01. The van der Waals surface area contributed by atoms with E-state index < -0.39 is 33.4 Å². The molecule has 32 heavy (non-hydrogen) atoms. The summed E-state index contributed by atoms with van der Waals surface area (Å²) < 4.78 is 27.8. The van der Waals surface area contributed by atoms with Crippen molar-refractivity contribution >= 4 is 45.2 Å². The number of imide groups is 1. The van der Waals surface area contributed by atoms with E-state index in [9.17, 15) is 22.8 Å². The van der Waals surface area contributed by atoms with E-state index in [2.05, 4.69) is 15.5 Å². The van der Waals surface area contributed by atoms with Crippen molar-refractivity contribution in [1.29, 1.82) is 0 Å². The molecule has 1 saturated heterocycles. The zero-order valence-electron chi connectivity index (χ0n) is 16.9. The molecule has 168 valence electrons. The molecule has 0 bridgehead atoms. The number of benzene rings is 2. The fourth-order valence-corrected chi connectivity index (χ4v) is 5.24. The Morgan fingerprint density at radius 2 is 1.75 bits per heavy atom. The monoisotopic (exact) mass is 476 g/mol. The molecule has 2 aromatic carbocycles. The van der Waals surface area contributed by atoms with Gasteiger partial charge in [-0.15, -0.1) is 0 Å². The van der Waals surface area contributed by atoms with Gasteiger partial charge in [0.15, 0.2) is 0 Å². The van der Waals surface area contributed by atoms with Gasteiger partial charge in [0.05, 0.1) is 10.6 Å². The summed E-state index contributed by atoms with van der Waals surface area (Å²) >= 11 is 5.89. The summed E-state index contributed by atoms with van der Waals surface area (Å²) in [5, 5.41) is 3.74. The molecule has 0 aromatic heterocycles. The van der Waals surface area contributed by atoms with Crippen molar-refractivity contribution in [3.63, 3.8) is 0 Å². The highest BCUT2D eigenvalue weighted by molar-refractivity contribution is 7.92. The first-order valence-electron chi connectivity index (χ1n) is 10.1. The lowest BCUT2D eigenvalue weighted by molar-refractivity contribution is -0.134. The molecule has 2 aliphatic rings. The highest BCUT2D eigenvalue weighted by Crippen LogP contribution is 2.33. The largest absolute Gasteiger partial charge is 0.344 e. The Hall–Kier alpha value is -3.11. The van der Waals surface area contributed by atoms with Crippen LogP contribution in [-0.2, 0) is 14.8 Å². The van der Waals surface area contributed by atoms with Crippen molar-refractivity contribution in [3.05, 3.63) is 59.1 Å². The molecule has 1 spiro atoms. The summed E-state index contributed by atoms with van der Waals surface area (Å²) in [5.41, 5.74) is 1.57. The van der Waals surface area contributed by atoms with Crippen LogP contribution in [0.1, 0.15) is 42.5 Å². The Morgan fingerprint density at radius 1 is 1.03 bits per heavy atom. The Kier molecular flexibility index (Phi) is 5.83. The second-order valence-corrected chi connectivity index (χ2v) is 9.92. The number of carbonyl (C=O) groups excluding carboxylic acids is 3. The molecule has 9 nitrogen and oxygen atoms in total. The molecule has 1 aliphatic carbocycles. The number of carbonyl (C=O) groups is 3. The zero-order chi connectivity index (χ0) is 22.9. The van der Waals surface area contributed by atoms with Gasteiger partial charge < -0.3 is 5.32 Å². The smallest absolute Gasteiger partial charge is 0.322 e. The van der Waals surface area contributed by atoms with E-state index in [1.165, 1.54) is 24.3 Å². The summed E-state index contributed by atoms with van der Waals surface area (Å²) in [4.78, 5) is 37.7. The minimum absolute atomic E-state index is 0.0239. The molecule has 2 aromatic rings. The normalized spacial score (nSPS) is 17.8. The number of urea groups is 1. The van der Waals surface area contributed by atoms with Crippen LogP contribution in [-0.4, -0.2) is 36.8 Å². The van der Waals surface area contributed by atoms with Crippen molar-refractivity contribution in [1.82, 2.24) is 15.8 Å². The number of hydrogen-bond donors (Lipinski definition) is 3. The van der Waals surface area contributed by atoms with Crippen molar-refractivity contribution in [2.45, 2.75) is 42.5 Å². The topological polar surface area (TPSA) is 125 Å². The van der Waals surface area contributed by atoms with Gasteiger partial charge in [0.2, 0.25) is 0 Å². The van der Waals surface area contributed by atoms with E-state index in [-0.39, 0.29) is 16.1 Å². The van der Waals surface area contributed by atoms with E-state index in [1.54, 1.807) is 18.2 Å². The molecular formula is C21H21ClN4O5S. The maximum absolute atomic E-state index is 12.8. The van der Waals surface area contributed by atoms with Crippen LogP contribution in [0.4, 0.5) is 10.5 Å². The van der Waals surface area contributed by atoms with Crippen LogP contribution >= 0.6 is 11.6 Å². The molecule has 4 amide bonds. The first kappa shape index (κ1) is 22.1. The summed E-state index contributed by atoms with van der Waals surface area (Å²) in [6, 6.07) is 10.8. The Bertz CT molecular complexity index is 1190. The van der Waals surface area contributed by atoms with Gasteiger partial charge in [-0.25, -0.2) is 13.2 Å². The van der Waals surface area contributed by atoms with Crippen molar-refractivity contribution in [2.24, 2.45) is 0 Å². The number of hydrazine groups is 1. The quantitative estimate of drug-likeness (QED) is 0.572. The third-order valence-electron chi connectivity index (χ3n) is 5.57. The number of nitrogens with zero attached hydrogens (tertiary/aromatic N) is 1. The van der Waals surface area contributed by atoms with Gasteiger partial charge in [0.1, 0.15) is 5.54 Å². The van der Waals surface area contributed by atoms with Crippen molar-refractivity contribution in [2.75, 3.05) is 4.72 Å². The zero-order valence-corrected chi connectivity index (χ0v) is 18.5. The molecule has 1 saturated carbocycles. The summed E-state index contributed by atoms with van der Waals surface area (Å²) in [6.45, 7) is 0. The molecule has 1 aliphatic heterocycles. The number of anilines is 1. The number of hydrogen-bond acceptors (Lipinski definition) is 5. The van der Waals surface area contributed by atoms with Crippen LogP contribution < -0.4 is 15.5 Å². The van der Waals surface area contributed by atoms with Gasteiger partial charge >= 0.3 is 6.03 Å². The van der Waals surface area contributed by atoms with Crippen molar-refractivity contribution in [3.8, 4) is 0 Å². The van der Waals surface area contributed by atoms with Gasteiger partial charge in [-0.1, -0.05) is 43.0 Å². The van der Waals surface area contributed by atoms with Gasteiger partial charge in [-0.2, -0.15) is 5.01 Å². The Balaban J connectivity index is 1.51. The fourth-order valence-electron chi connectivity index (χ4n) is 3.95. The molecule has 0 radical (unpaired) electrons. The molecule has 11 heteroatoms. The van der Waals surface area contributed by atoms with Gasteiger partial charge in [-0.05, 0) is 49.2 Å². The lowest BCUT2D eigenvalue weighted by Crippen LogP contribution is -2.50. The summed E-state index contributed by atoms with van der Waals surface area (Å²) in [5.74, 6) is -1.27. The third-order valence-corrected chi connectivity index (χ3v) is 7.18. The maximum atomic E-state index is 12.8. The lowest BCUT2D eigenvalue weighted by atomic mass is 9.82. The van der Waals surface area contributed by atoms with Crippen LogP contribution in [0.3, 0.4) is 0 Å². The maximum Gasteiger partial charge on any atom is 0.344 e. The molecule has 4 rings (SSSR count). The van der Waals surface area contributed by atoms with Crippen molar-refractivity contribution < 1.29 is 22.8 Å². The molecule has 0 unspecified atom stereocenters. The first-order chi connectivity index (χ1) is 15.2. The van der Waals surface area contributed by atoms with E-state index in [0.717, 1.165) is 25.3 Å². The van der Waals surface area contributed by atoms with Crippen LogP contribution in [0.15, 0.2) is 53.4 Å². The van der Waals surface area contributed by atoms with E-state index in [4.69, 9.17) is 11.6 Å². The number of nitrogens with one attached hydrogen (secondary N) is 3. The highest BCUT2D eigenvalue weighted by atomic mass is 35.5. The number of rotatable bonds is 5. The predicted octanol–water partition coefficient (Wildman–Crippen LogP) is 3.04. The summed E-state index contributed by atoms with van der Waals surface area (Å²) in [7, 11) is -4.01. The standard InChI is InChI=1S/C21H21ClN4O5S/c22-15-7-5-8-16(13-15)25-32(30,31)17-9-4-6-14(12-17)18(27)24-26-19(28)21(23-20(26)29)10-2-1-3-11-21/h4-9,12-13,25H,1-3,10-11H2,(H,23,29)(H,24,27). The Labute approximate surface area is 190 Å². The number of halogens is 1. The molecular weight excluding hydrogens is 456 g/mol. The van der Waals surface area contributed by atoms with Gasteiger partial charge in [0, 0.05) is 10.6 Å². The predicted molar refractivity (Wildman–Crippen MR) is 117 cm³/mol. The average molecular weight is 477 g/mol. The van der Waals surface area contributed by atoms with E-state index >= 15 is 0 Å². The SMILES string of the molecule is O=C(NN1C(=O)NC2(CCCCC2)C1=O)c1cccc(S(=O)(=O)Nc2cccc(Cl)c2)c1. The van der Waals surface area contributed by atoms with Crippen LogP contribution in [0, 0.1) is 0 Å². The molecule has 3 N–H and O–H groups in total. The highest BCUT2D eigenvalue weighted by Gasteiger charge is 2.52. The fraction of sp³-hybridized carbons (Fsp3) is 0.286. The third kappa shape index (κ3) is 4.28. The molecule has 2 fully saturated rings. The van der Waals surface area contributed by atoms with Crippen LogP contribution in [0.5, 0.6) is 0 Å². The first-order valence-corrected chi connectivity index (χ1v) is 11.9. The minimum Gasteiger partial charge on any atom is -0.322 e. The number of sulfonamides is 1. The summed E-state index contributed by atoms with van der Waals surface area (Å²) in [6.07, 6.45) is 3.65. The Morgan fingerprint density at radius 3 is 2.47 bits per heavy atom. The number of amides is 4. The lowest BCUT2D eigenvalue weighted by Gasteiger charge is -2.30. The van der Waals surface area contributed by atoms with Gasteiger partial charge in [0.25, 0.3) is 21.8 Å². The van der Waals surface area contributed by atoms with Gasteiger partial charge in [-0.3, -0.25) is 19.7 Å². The van der Waals surface area contributed by atoms with Crippen LogP contribution in [0.25, 0.3) is 0 Å². The molecule has 0 atom stereocenters. The van der Waals surface area contributed by atoms with Crippen LogP contribution in [0.2, 0.25) is 5.02 Å². The van der Waals surface area contributed by atoms with E-state index in [1.807, 2.05) is 0 Å². The average Bonchev–Trinajstić information content (AvgIpc) is 2.98. The molecule has 1 heterocycles. The second-order valence-electron chi connectivity index (χ2n) is 7.80. The second kappa shape index (κ2) is 8.44.